The van der Waals surface area contributed by atoms with Gasteiger partial charge in [-0.25, -0.2) is 12.7 Å². The highest BCUT2D eigenvalue weighted by molar-refractivity contribution is 7.89. The van der Waals surface area contributed by atoms with Crippen molar-refractivity contribution in [2.24, 2.45) is 0 Å². The van der Waals surface area contributed by atoms with Crippen molar-refractivity contribution in [3.05, 3.63) is 36.4 Å². The third-order valence-electron chi connectivity index (χ3n) is 4.34. The summed E-state index contributed by atoms with van der Waals surface area (Å²) in [5.41, 5.74) is 1.04. The number of hydrogen-bond acceptors (Lipinski definition) is 7. The van der Waals surface area contributed by atoms with Crippen molar-refractivity contribution in [3.8, 4) is 17.2 Å². The molecule has 2 N–H and O–H groups in total. The number of nitrogens with one attached hydrogen (secondary N) is 2. The first kappa shape index (κ1) is 20.7. The standard InChI is InChI=1S/C19H23N3O6S/c1-12(19(23)21-13-5-7-15-17(9-13)28-11-27-15)20-14-6-8-16(26-4)18(10-14)29(24,25)22(2)3/h5-10,12,20H,11H2,1-4H3,(H,21,23)/t12-/m0/s1. The average Bonchev–Trinajstić information content (AvgIpc) is 3.15. The molecule has 1 amide bonds. The smallest absolute Gasteiger partial charge is 0.246 e. The molecule has 1 heterocycles. The molecule has 0 saturated heterocycles. The lowest BCUT2D eigenvalue weighted by Gasteiger charge is -2.18. The van der Waals surface area contributed by atoms with Crippen molar-refractivity contribution in [1.82, 2.24) is 4.31 Å². The van der Waals surface area contributed by atoms with Crippen LogP contribution in [0.4, 0.5) is 11.4 Å². The lowest BCUT2D eigenvalue weighted by Crippen LogP contribution is -2.32. The normalized spacial score (nSPS) is 13.8. The monoisotopic (exact) mass is 421 g/mol. The van der Waals surface area contributed by atoms with Crippen LogP contribution in [0, 0.1) is 0 Å². The molecular weight excluding hydrogens is 398 g/mol. The van der Waals surface area contributed by atoms with E-state index >= 15 is 0 Å². The molecule has 2 aromatic carbocycles. The number of anilines is 2. The van der Waals surface area contributed by atoms with E-state index in [1.807, 2.05) is 0 Å². The van der Waals surface area contributed by atoms with Gasteiger partial charge in [0.2, 0.25) is 22.7 Å². The predicted octanol–water partition coefficient (Wildman–Crippen LogP) is 2.11. The Morgan fingerprint density at radius 3 is 2.48 bits per heavy atom. The molecule has 29 heavy (non-hydrogen) atoms. The quantitative estimate of drug-likeness (QED) is 0.705. The van der Waals surface area contributed by atoms with Crippen molar-refractivity contribution in [2.75, 3.05) is 38.6 Å². The number of carbonyl (C=O) groups is 1. The molecule has 10 heteroatoms. The van der Waals surface area contributed by atoms with Crippen LogP contribution in [0.5, 0.6) is 17.2 Å². The number of fused-ring (bicyclic) bond motifs is 1. The van der Waals surface area contributed by atoms with Crippen LogP contribution >= 0.6 is 0 Å². The van der Waals surface area contributed by atoms with Gasteiger partial charge in [0.1, 0.15) is 16.7 Å². The molecule has 0 fully saturated rings. The molecule has 9 nitrogen and oxygen atoms in total. The summed E-state index contributed by atoms with van der Waals surface area (Å²) >= 11 is 0. The van der Waals surface area contributed by atoms with Crippen molar-refractivity contribution < 1.29 is 27.4 Å². The molecule has 0 unspecified atom stereocenters. The Balaban J connectivity index is 1.74. The molecule has 2 aromatic rings. The first-order valence-electron chi connectivity index (χ1n) is 8.80. The lowest BCUT2D eigenvalue weighted by molar-refractivity contribution is -0.116. The van der Waals surface area contributed by atoms with Gasteiger partial charge in [0.15, 0.2) is 11.5 Å². The summed E-state index contributed by atoms with van der Waals surface area (Å²) in [6.07, 6.45) is 0. The van der Waals surface area contributed by atoms with Gasteiger partial charge in [0, 0.05) is 31.5 Å². The highest BCUT2D eigenvalue weighted by atomic mass is 32.2. The van der Waals surface area contributed by atoms with E-state index in [1.54, 1.807) is 37.3 Å². The summed E-state index contributed by atoms with van der Waals surface area (Å²) in [6.45, 7) is 1.83. The molecule has 0 aromatic heterocycles. The molecule has 1 aliphatic heterocycles. The summed E-state index contributed by atoms with van der Waals surface area (Å²) in [5.74, 6) is 1.12. The van der Waals surface area contributed by atoms with Gasteiger partial charge in [-0.2, -0.15) is 0 Å². The van der Waals surface area contributed by atoms with Crippen molar-refractivity contribution in [2.45, 2.75) is 17.9 Å². The number of sulfonamides is 1. The number of nitrogens with zero attached hydrogens (tertiary/aromatic N) is 1. The fourth-order valence-corrected chi connectivity index (χ4v) is 3.78. The number of carbonyl (C=O) groups excluding carboxylic acids is 1. The van der Waals surface area contributed by atoms with Crippen LogP contribution in [-0.4, -0.2) is 52.7 Å². The predicted molar refractivity (Wildman–Crippen MR) is 108 cm³/mol. The van der Waals surface area contributed by atoms with E-state index in [2.05, 4.69) is 10.6 Å². The second-order valence-electron chi connectivity index (χ2n) is 6.58. The Labute approximate surface area is 169 Å². The van der Waals surface area contributed by atoms with E-state index < -0.39 is 16.1 Å². The van der Waals surface area contributed by atoms with E-state index in [1.165, 1.54) is 27.3 Å². The first-order chi connectivity index (χ1) is 13.7. The molecule has 0 aliphatic carbocycles. The van der Waals surface area contributed by atoms with Gasteiger partial charge >= 0.3 is 0 Å². The fourth-order valence-electron chi connectivity index (χ4n) is 2.71. The van der Waals surface area contributed by atoms with Crippen LogP contribution < -0.4 is 24.8 Å². The molecule has 0 bridgehead atoms. The number of hydrogen-bond donors (Lipinski definition) is 2. The van der Waals surface area contributed by atoms with E-state index in [0.29, 0.717) is 22.9 Å². The maximum absolute atomic E-state index is 12.5. The Morgan fingerprint density at radius 2 is 1.79 bits per heavy atom. The average molecular weight is 421 g/mol. The second kappa shape index (κ2) is 8.18. The molecule has 1 aliphatic rings. The van der Waals surface area contributed by atoms with E-state index in [-0.39, 0.29) is 23.3 Å². The highest BCUT2D eigenvalue weighted by Gasteiger charge is 2.23. The maximum atomic E-state index is 12.5. The molecule has 0 radical (unpaired) electrons. The van der Waals surface area contributed by atoms with Crippen LogP contribution in [0.3, 0.4) is 0 Å². The Kier molecular flexibility index (Phi) is 5.85. The van der Waals surface area contributed by atoms with Gasteiger partial charge in [-0.05, 0) is 37.3 Å². The molecule has 156 valence electrons. The first-order valence-corrected chi connectivity index (χ1v) is 10.2. The Hall–Kier alpha value is -2.98. The number of benzene rings is 2. The minimum atomic E-state index is -3.71. The summed E-state index contributed by atoms with van der Waals surface area (Å²) in [5, 5.41) is 5.80. The zero-order chi connectivity index (χ0) is 21.2. The summed E-state index contributed by atoms with van der Waals surface area (Å²) in [7, 11) is 0.572. The minimum Gasteiger partial charge on any atom is -0.495 e. The topological polar surface area (TPSA) is 106 Å². The molecule has 3 rings (SSSR count). The lowest BCUT2D eigenvalue weighted by atomic mass is 10.2. The Bertz CT molecular complexity index is 1020. The fraction of sp³-hybridized carbons (Fsp3) is 0.316. The van der Waals surface area contributed by atoms with Gasteiger partial charge in [-0.15, -0.1) is 0 Å². The summed E-state index contributed by atoms with van der Waals surface area (Å²) in [6, 6.07) is 9.12. The number of amides is 1. The van der Waals surface area contributed by atoms with Crippen LogP contribution in [-0.2, 0) is 14.8 Å². The van der Waals surface area contributed by atoms with Crippen LogP contribution in [0.2, 0.25) is 0 Å². The Morgan fingerprint density at radius 1 is 1.10 bits per heavy atom. The number of rotatable bonds is 7. The summed E-state index contributed by atoms with van der Waals surface area (Å²) < 4.78 is 41.9. The number of methoxy groups -OCH3 is 1. The van der Waals surface area contributed by atoms with Gasteiger partial charge in [0.05, 0.1) is 7.11 Å². The van der Waals surface area contributed by atoms with Crippen LogP contribution in [0.1, 0.15) is 6.92 Å². The maximum Gasteiger partial charge on any atom is 0.246 e. The molecule has 0 saturated carbocycles. The third-order valence-corrected chi connectivity index (χ3v) is 6.18. The SMILES string of the molecule is COc1ccc(N[C@@H](C)C(=O)Nc2ccc3c(c2)OCO3)cc1S(=O)(=O)N(C)C. The van der Waals surface area contributed by atoms with E-state index in [4.69, 9.17) is 14.2 Å². The van der Waals surface area contributed by atoms with Crippen LogP contribution in [0.15, 0.2) is 41.3 Å². The van der Waals surface area contributed by atoms with Gasteiger partial charge in [0.25, 0.3) is 0 Å². The van der Waals surface area contributed by atoms with Gasteiger partial charge in [-0.1, -0.05) is 0 Å². The largest absolute Gasteiger partial charge is 0.495 e. The zero-order valence-corrected chi connectivity index (χ0v) is 17.4. The van der Waals surface area contributed by atoms with Gasteiger partial charge < -0.3 is 24.8 Å². The number of ether oxygens (including phenoxy) is 3. The third kappa shape index (κ3) is 4.38. The highest BCUT2D eigenvalue weighted by Crippen LogP contribution is 2.34. The zero-order valence-electron chi connectivity index (χ0n) is 16.6. The molecular formula is C19H23N3O6S. The van der Waals surface area contributed by atoms with Crippen molar-refractivity contribution >= 4 is 27.3 Å². The second-order valence-corrected chi connectivity index (χ2v) is 8.70. The van der Waals surface area contributed by atoms with E-state index in [0.717, 1.165) is 4.31 Å². The van der Waals surface area contributed by atoms with E-state index in [9.17, 15) is 13.2 Å². The molecule has 1 atom stereocenters. The van der Waals surface area contributed by atoms with Gasteiger partial charge in [-0.3, -0.25) is 4.79 Å². The van der Waals surface area contributed by atoms with Crippen LogP contribution in [0.25, 0.3) is 0 Å². The minimum absolute atomic E-state index is 0.0124. The van der Waals surface area contributed by atoms with Crippen molar-refractivity contribution in [1.29, 1.82) is 0 Å². The van der Waals surface area contributed by atoms with Crippen molar-refractivity contribution in [3.63, 3.8) is 0 Å². The summed E-state index contributed by atoms with van der Waals surface area (Å²) in [4.78, 5) is 12.5. The molecule has 0 spiro atoms.